The van der Waals surface area contributed by atoms with Gasteiger partial charge in [-0.1, -0.05) is 107 Å². The molecule has 1 fully saturated rings. The zero-order chi connectivity index (χ0) is 26.7. The molecule has 1 aliphatic carbocycles. The Balaban J connectivity index is 1.56. The van der Waals surface area contributed by atoms with E-state index in [0.717, 1.165) is 52.6 Å². The number of halogens is 1. The first-order chi connectivity index (χ1) is 18.5. The number of benzene rings is 3. The third-order valence-corrected chi connectivity index (χ3v) is 8.58. The molecular formula is C32H37BrN2O2S. The van der Waals surface area contributed by atoms with Gasteiger partial charge in [0.2, 0.25) is 11.8 Å². The van der Waals surface area contributed by atoms with E-state index in [0.29, 0.717) is 18.7 Å². The fourth-order valence-corrected chi connectivity index (χ4v) is 6.16. The molecule has 1 N–H and O–H groups in total. The van der Waals surface area contributed by atoms with Gasteiger partial charge in [0, 0.05) is 29.2 Å². The molecule has 0 heterocycles. The van der Waals surface area contributed by atoms with Crippen molar-refractivity contribution in [3.05, 3.63) is 106 Å². The molecule has 1 saturated carbocycles. The lowest BCUT2D eigenvalue weighted by Gasteiger charge is -2.33. The standard InChI is InChI=1S/C32H37BrN2O2S/c1-24-9-8-12-27(19-24)21-35(31(36)23-38-22-26-15-17-28(33)18-16-26)30(20-25-10-4-2-5-11-25)32(37)34-29-13-6-3-7-14-29/h2,4-5,8-12,15-19,29-30H,3,6-7,13-14,20-23H2,1H3,(H,34,37)/t30-/m0/s1. The molecular weight excluding hydrogens is 556 g/mol. The zero-order valence-electron chi connectivity index (χ0n) is 22.1. The van der Waals surface area contributed by atoms with Crippen molar-refractivity contribution < 1.29 is 9.59 Å². The Morgan fingerprint density at radius 2 is 1.63 bits per heavy atom. The molecule has 200 valence electrons. The van der Waals surface area contributed by atoms with Crippen molar-refractivity contribution in [2.24, 2.45) is 0 Å². The van der Waals surface area contributed by atoms with Crippen LogP contribution in [0.15, 0.2) is 83.3 Å². The van der Waals surface area contributed by atoms with E-state index in [1.807, 2.05) is 59.5 Å². The lowest BCUT2D eigenvalue weighted by Crippen LogP contribution is -2.53. The van der Waals surface area contributed by atoms with Crippen molar-refractivity contribution >= 4 is 39.5 Å². The van der Waals surface area contributed by atoms with Crippen molar-refractivity contribution in [3.8, 4) is 0 Å². The Kier molecular flexibility index (Phi) is 10.9. The highest BCUT2D eigenvalue weighted by Crippen LogP contribution is 2.22. The van der Waals surface area contributed by atoms with Crippen LogP contribution in [0.1, 0.15) is 54.4 Å². The minimum Gasteiger partial charge on any atom is -0.352 e. The highest BCUT2D eigenvalue weighted by molar-refractivity contribution is 9.10. The van der Waals surface area contributed by atoms with E-state index in [1.165, 1.54) is 12.0 Å². The molecule has 0 radical (unpaired) electrons. The zero-order valence-corrected chi connectivity index (χ0v) is 24.5. The van der Waals surface area contributed by atoms with Crippen LogP contribution in [-0.2, 0) is 28.3 Å². The summed E-state index contributed by atoms with van der Waals surface area (Å²) in [6.07, 6.45) is 6.04. The fraction of sp³-hybridized carbons (Fsp3) is 0.375. The Bertz CT molecular complexity index is 1180. The summed E-state index contributed by atoms with van der Waals surface area (Å²) in [6.45, 7) is 2.47. The van der Waals surface area contributed by atoms with Crippen LogP contribution in [0.5, 0.6) is 0 Å². The average Bonchev–Trinajstić information content (AvgIpc) is 2.93. The summed E-state index contributed by atoms with van der Waals surface area (Å²) >= 11 is 5.07. The van der Waals surface area contributed by atoms with Gasteiger partial charge in [0.15, 0.2) is 0 Å². The summed E-state index contributed by atoms with van der Waals surface area (Å²) in [7, 11) is 0. The molecule has 2 amide bonds. The summed E-state index contributed by atoms with van der Waals surface area (Å²) in [5.74, 6) is 1.02. The van der Waals surface area contributed by atoms with Gasteiger partial charge in [-0.25, -0.2) is 0 Å². The number of hydrogen-bond donors (Lipinski definition) is 1. The van der Waals surface area contributed by atoms with Gasteiger partial charge in [-0.05, 0) is 48.6 Å². The number of amides is 2. The first-order valence-corrected chi connectivity index (χ1v) is 15.4. The molecule has 0 unspecified atom stereocenters. The maximum Gasteiger partial charge on any atom is 0.243 e. The van der Waals surface area contributed by atoms with E-state index in [2.05, 4.69) is 52.4 Å². The van der Waals surface area contributed by atoms with Crippen LogP contribution in [0, 0.1) is 6.92 Å². The quantitative estimate of drug-likeness (QED) is 0.259. The number of hydrogen-bond acceptors (Lipinski definition) is 3. The number of nitrogens with one attached hydrogen (secondary N) is 1. The highest BCUT2D eigenvalue weighted by atomic mass is 79.9. The van der Waals surface area contributed by atoms with E-state index in [1.54, 1.807) is 11.8 Å². The second-order valence-corrected chi connectivity index (χ2v) is 12.1. The van der Waals surface area contributed by atoms with Crippen LogP contribution >= 0.6 is 27.7 Å². The number of rotatable bonds is 11. The van der Waals surface area contributed by atoms with Gasteiger partial charge in [-0.2, -0.15) is 0 Å². The Morgan fingerprint density at radius 1 is 0.921 bits per heavy atom. The van der Waals surface area contributed by atoms with E-state index in [9.17, 15) is 9.59 Å². The maximum absolute atomic E-state index is 13.8. The molecule has 4 nitrogen and oxygen atoms in total. The topological polar surface area (TPSA) is 49.4 Å². The van der Waals surface area contributed by atoms with Crippen molar-refractivity contribution in [2.75, 3.05) is 5.75 Å². The van der Waals surface area contributed by atoms with Crippen molar-refractivity contribution in [1.29, 1.82) is 0 Å². The fourth-order valence-electron chi connectivity index (χ4n) is 5.03. The van der Waals surface area contributed by atoms with E-state index >= 15 is 0 Å². The van der Waals surface area contributed by atoms with Crippen LogP contribution in [-0.4, -0.2) is 34.6 Å². The van der Waals surface area contributed by atoms with Crippen LogP contribution in [0.25, 0.3) is 0 Å². The van der Waals surface area contributed by atoms with Gasteiger partial charge < -0.3 is 10.2 Å². The summed E-state index contributed by atoms with van der Waals surface area (Å²) in [6, 6.07) is 26.1. The van der Waals surface area contributed by atoms with Gasteiger partial charge >= 0.3 is 0 Å². The molecule has 1 aliphatic rings. The minimum atomic E-state index is -0.569. The SMILES string of the molecule is Cc1cccc(CN(C(=O)CSCc2ccc(Br)cc2)[C@@H](Cc2ccccc2)C(=O)NC2CCCCC2)c1. The molecule has 1 atom stereocenters. The van der Waals surface area contributed by atoms with Gasteiger partial charge in [-0.15, -0.1) is 11.8 Å². The molecule has 0 bridgehead atoms. The van der Waals surface area contributed by atoms with Crippen molar-refractivity contribution in [3.63, 3.8) is 0 Å². The summed E-state index contributed by atoms with van der Waals surface area (Å²) < 4.78 is 1.04. The van der Waals surface area contributed by atoms with Crippen LogP contribution in [0.3, 0.4) is 0 Å². The van der Waals surface area contributed by atoms with Crippen molar-refractivity contribution in [2.45, 2.75) is 69.8 Å². The highest BCUT2D eigenvalue weighted by Gasteiger charge is 2.31. The second-order valence-electron chi connectivity index (χ2n) is 10.2. The molecule has 0 aromatic heterocycles. The molecule has 6 heteroatoms. The monoisotopic (exact) mass is 592 g/mol. The first kappa shape index (κ1) is 28.4. The van der Waals surface area contributed by atoms with Gasteiger partial charge in [0.25, 0.3) is 0 Å². The van der Waals surface area contributed by atoms with Crippen LogP contribution in [0.4, 0.5) is 0 Å². The van der Waals surface area contributed by atoms with Crippen LogP contribution in [0.2, 0.25) is 0 Å². The largest absolute Gasteiger partial charge is 0.352 e. The molecule has 0 spiro atoms. The van der Waals surface area contributed by atoms with E-state index in [4.69, 9.17) is 0 Å². The smallest absolute Gasteiger partial charge is 0.243 e. The molecule has 4 rings (SSSR count). The number of aryl methyl sites for hydroxylation is 1. The Hall–Kier alpha value is -2.57. The average molecular weight is 594 g/mol. The molecule has 3 aromatic rings. The van der Waals surface area contributed by atoms with Gasteiger partial charge in [-0.3, -0.25) is 9.59 Å². The Morgan fingerprint density at radius 3 is 2.34 bits per heavy atom. The lowest BCUT2D eigenvalue weighted by atomic mass is 9.94. The normalized spacial score (nSPS) is 14.6. The predicted molar refractivity (Wildman–Crippen MR) is 161 cm³/mol. The first-order valence-electron chi connectivity index (χ1n) is 13.5. The maximum atomic E-state index is 13.8. The molecule has 38 heavy (non-hydrogen) atoms. The predicted octanol–water partition coefficient (Wildman–Crippen LogP) is 7.08. The van der Waals surface area contributed by atoms with E-state index in [-0.39, 0.29) is 17.9 Å². The van der Waals surface area contributed by atoms with Gasteiger partial charge in [0.05, 0.1) is 5.75 Å². The molecule has 0 saturated heterocycles. The molecule has 3 aromatic carbocycles. The third kappa shape index (κ3) is 8.74. The lowest BCUT2D eigenvalue weighted by molar-refractivity contribution is -0.139. The number of carbonyl (C=O) groups is 2. The minimum absolute atomic E-state index is 0.00616. The van der Waals surface area contributed by atoms with E-state index < -0.39 is 6.04 Å². The number of thioether (sulfide) groups is 1. The third-order valence-electron chi connectivity index (χ3n) is 7.07. The summed E-state index contributed by atoms with van der Waals surface area (Å²) in [4.78, 5) is 29.5. The van der Waals surface area contributed by atoms with Crippen molar-refractivity contribution in [1.82, 2.24) is 10.2 Å². The van der Waals surface area contributed by atoms with Gasteiger partial charge in [0.1, 0.15) is 6.04 Å². The number of carbonyl (C=O) groups excluding carboxylic acids is 2. The Labute approximate surface area is 239 Å². The summed E-state index contributed by atoms with van der Waals surface area (Å²) in [5, 5.41) is 3.31. The van der Waals surface area contributed by atoms with Crippen LogP contribution < -0.4 is 5.32 Å². The molecule has 0 aliphatic heterocycles. The number of nitrogens with zero attached hydrogens (tertiary/aromatic N) is 1. The second kappa shape index (κ2) is 14.5. The summed E-state index contributed by atoms with van der Waals surface area (Å²) in [5.41, 5.74) is 4.42.